The van der Waals surface area contributed by atoms with E-state index in [2.05, 4.69) is 21.2 Å². The molecule has 2 rings (SSSR count). The van der Waals surface area contributed by atoms with Crippen molar-refractivity contribution in [1.29, 1.82) is 0 Å². The quantitative estimate of drug-likeness (QED) is 0.598. The third-order valence-electron chi connectivity index (χ3n) is 4.62. The molecule has 1 aromatic carbocycles. The highest BCUT2D eigenvalue weighted by molar-refractivity contribution is 9.10. The summed E-state index contributed by atoms with van der Waals surface area (Å²) < 4.78 is 27.7. The molecule has 0 unspecified atom stereocenters. The second-order valence-corrected chi connectivity index (χ2v) is 8.62. The Labute approximate surface area is 174 Å². The highest BCUT2D eigenvalue weighted by Crippen LogP contribution is 2.25. The van der Waals surface area contributed by atoms with Crippen LogP contribution in [0.1, 0.15) is 36.0 Å². The summed E-state index contributed by atoms with van der Waals surface area (Å²) in [5.41, 5.74) is -0.554. The third kappa shape index (κ3) is 5.08. The normalized spacial score (nSPS) is 12.5. The van der Waals surface area contributed by atoms with Crippen molar-refractivity contribution in [3.63, 3.8) is 0 Å². The number of hydrogen-bond donors (Lipinski definition) is 2. The molecule has 28 heavy (non-hydrogen) atoms. The number of nitrogens with one attached hydrogen (secondary N) is 1. The van der Waals surface area contributed by atoms with Crippen LogP contribution < -0.4 is 5.32 Å². The SMILES string of the molecule is CCN(C(=O)O)C(C)(C)[C@H](Cc1ccc(F)c(F)c1)NC(=O)c1cc(Br)cs1. The van der Waals surface area contributed by atoms with Gasteiger partial charge in [-0.2, -0.15) is 0 Å². The lowest BCUT2D eigenvalue weighted by Crippen LogP contribution is -2.61. The molecule has 0 saturated heterocycles. The van der Waals surface area contributed by atoms with Crippen molar-refractivity contribution in [2.75, 3.05) is 6.54 Å². The van der Waals surface area contributed by atoms with Crippen LogP contribution in [0.4, 0.5) is 13.6 Å². The first-order valence-electron chi connectivity index (χ1n) is 8.55. The van der Waals surface area contributed by atoms with Gasteiger partial charge < -0.3 is 15.3 Å². The highest BCUT2D eigenvalue weighted by Gasteiger charge is 2.39. The Morgan fingerprint density at radius 1 is 1.29 bits per heavy atom. The van der Waals surface area contributed by atoms with Gasteiger partial charge in [0.15, 0.2) is 11.6 Å². The van der Waals surface area contributed by atoms with Crippen molar-refractivity contribution in [2.45, 2.75) is 38.8 Å². The number of halogens is 3. The van der Waals surface area contributed by atoms with Crippen LogP contribution in [0.3, 0.4) is 0 Å². The largest absolute Gasteiger partial charge is 0.465 e. The van der Waals surface area contributed by atoms with Crippen molar-refractivity contribution in [3.8, 4) is 0 Å². The van der Waals surface area contributed by atoms with E-state index in [1.165, 1.54) is 22.3 Å². The van der Waals surface area contributed by atoms with Gasteiger partial charge in [-0.3, -0.25) is 4.79 Å². The first-order chi connectivity index (χ1) is 13.1. The van der Waals surface area contributed by atoms with Gasteiger partial charge in [0, 0.05) is 16.4 Å². The predicted molar refractivity (Wildman–Crippen MR) is 108 cm³/mol. The highest BCUT2D eigenvalue weighted by atomic mass is 79.9. The average molecular weight is 475 g/mol. The van der Waals surface area contributed by atoms with Crippen LogP contribution >= 0.6 is 27.3 Å². The summed E-state index contributed by atoms with van der Waals surface area (Å²) in [5.74, 6) is -2.32. The van der Waals surface area contributed by atoms with Crippen molar-refractivity contribution < 1.29 is 23.5 Å². The average Bonchev–Trinajstić information content (AvgIpc) is 3.04. The molecule has 0 aliphatic heterocycles. The van der Waals surface area contributed by atoms with Gasteiger partial charge in [0.05, 0.1) is 16.5 Å². The fourth-order valence-electron chi connectivity index (χ4n) is 3.02. The van der Waals surface area contributed by atoms with Gasteiger partial charge in [0.25, 0.3) is 5.91 Å². The number of nitrogens with zero attached hydrogens (tertiary/aromatic N) is 1. The Morgan fingerprint density at radius 3 is 2.46 bits per heavy atom. The number of carbonyl (C=O) groups is 2. The summed E-state index contributed by atoms with van der Waals surface area (Å²) >= 11 is 4.54. The summed E-state index contributed by atoms with van der Waals surface area (Å²) in [7, 11) is 0. The maximum Gasteiger partial charge on any atom is 0.407 e. The number of thiophene rings is 1. The molecule has 0 bridgehead atoms. The van der Waals surface area contributed by atoms with E-state index >= 15 is 0 Å². The molecule has 9 heteroatoms. The molecule has 1 atom stereocenters. The lowest BCUT2D eigenvalue weighted by Gasteiger charge is -2.42. The third-order valence-corrected chi connectivity index (χ3v) is 6.31. The lowest BCUT2D eigenvalue weighted by atomic mass is 9.87. The number of carboxylic acid groups (broad SMARTS) is 1. The minimum Gasteiger partial charge on any atom is -0.465 e. The van der Waals surface area contributed by atoms with Gasteiger partial charge in [-0.25, -0.2) is 13.6 Å². The minimum absolute atomic E-state index is 0.131. The Balaban J connectivity index is 2.37. The molecule has 0 spiro atoms. The number of carbonyl (C=O) groups excluding carboxylic acids is 1. The topological polar surface area (TPSA) is 69.6 Å². The van der Waals surface area contributed by atoms with Crippen molar-refractivity contribution in [1.82, 2.24) is 10.2 Å². The Bertz CT molecular complexity index is 873. The van der Waals surface area contributed by atoms with Crippen molar-refractivity contribution in [3.05, 3.63) is 56.2 Å². The van der Waals surface area contributed by atoms with Crippen LogP contribution in [0.2, 0.25) is 0 Å². The molecule has 0 fully saturated rings. The monoisotopic (exact) mass is 474 g/mol. The molecular weight excluding hydrogens is 454 g/mol. The van der Waals surface area contributed by atoms with E-state index < -0.39 is 29.3 Å². The van der Waals surface area contributed by atoms with E-state index in [9.17, 15) is 23.5 Å². The molecule has 1 heterocycles. The van der Waals surface area contributed by atoms with Gasteiger partial charge in [-0.15, -0.1) is 11.3 Å². The Morgan fingerprint density at radius 2 is 1.96 bits per heavy atom. The fourth-order valence-corrected chi connectivity index (χ4v) is 4.35. The summed E-state index contributed by atoms with van der Waals surface area (Å²) in [6.07, 6.45) is -0.998. The molecule has 2 aromatic rings. The molecule has 0 saturated carbocycles. The van der Waals surface area contributed by atoms with Crippen LogP contribution in [0, 0.1) is 11.6 Å². The van der Waals surface area contributed by atoms with Gasteiger partial charge in [-0.05, 0) is 66.9 Å². The van der Waals surface area contributed by atoms with Gasteiger partial charge >= 0.3 is 6.09 Å². The van der Waals surface area contributed by atoms with Crippen LogP contribution in [-0.4, -0.2) is 40.1 Å². The lowest BCUT2D eigenvalue weighted by molar-refractivity contribution is 0.0653. The molecular formula is C19H21BrF2N2O3S. The Hall–Kier alpha value is -2.00. The first-order valence-corrected chi connectivity index (χ1v) is 10.2. The number of benzene rings is 1. The molecule has 2 amide bonds. The molecule has 2 N–H and O–H groups in total. The summed E-state index contributed by atoms with van der Waals surface area (Å²) in [5, 5.41) is 14.2. The van der Waals surface area contributed by atoms with E-state index in [0.29, 0.717) is 10.4 Å². The van der Waals surface area contributed by atoms with Gasteiger partial charge in [0.1, 0.15) is 0 Å². The number of likely N-dealkylation sites (N-methyl/N-ethyl adjacent to an activating group) is 1. The van der Waals surface area contributed by atoms with E-state index in [0.717, 1.165) is 16.6 Å². The van der Waals surface area contributed by atoms with Gasteiger partial charge in [0.2, 0.25) is 0 Å². The molecule has 0 aliphatic carbocycles. The number of rotatable bonds is 7. The summed E-state index contributed by atoms with van der Waals surface area (Å²) in [4.78, 5) is 26.0. The van der Waals surface area contributed by atoms with Gasteiger partial charge in [-0.1, -0.05) is 6.07 Å². The minimum atomic E-state index is -1.13. The number of amides is 2. The molecule has 0 aliphatic rings. The van der Waals surface area contributed by atoms with E-state index in [1.54, 1.807) is 32.2 Å². The second-order valence-electron chi connectivity index (χ2n) is 6.79. The second kappa shape index (κ2) is 9.00. The maximum absolute atomic E-state index is 13.6. The van der Waals surface area contributed by atoms with Crippen LogP contribution in [0.25, 0.3) is 0 Å². The zero-order chi connectivity index (χ0) is 21.1. The fraction of sp³-hybridized carbons (Fsp3) is 0.368. The first kappa shape index (κ1) is 22.3. The van der Waals surface area contributed by atoms with Crippen molar-refractivity contribution in [2.24, 2.45) is 0 Å². The molecule has 1 aromatic heterocycles. The summed E-state index contributed by atoms with van der Waals surface area (Å²) in [6, 6.07) is 4.48. The van der Waals surface area contributed by atoms with Crippen LogP contribution in [0.15, 0.2) is 34.1 Å². The Kier molecular flexibility index (Phi) is 7.16. The molecule has 152 valence electrons. The smallest absolute Gasteiger partial charge is 0.407 e. The molecule has 0 radical (unpaired) electrons. The van der Waals surface area contributed by atoms with E-state index in [4.69, 9.17) is 0 Å². The van der Waals surface area contributed by atoms with Crippen LogP contribution in [-0.2, 0) is 6.42 Å². The zero-order valence-electron chi connectivity index (χ0n) is 15.6. The standard InChI is InChI=1S/C19H21BrF2N2O3S/c1-4-24(18(26)27)19(2,3)16(8-11-5-6-13(21)14(22)7-11)23-17(25)15-9-12(20)10-28-15/h5-7,9-10,16H,4,8H2,1-3H3,(H,23,25)(H,26,27)/t16-/m0/s1. The van der Waals surface area contributed by atoms with Crippen LogP contribution in [0.5, 0.6) is 0 Å². The summed E-state index contributed by atoms with van der Waals surface area (Å²) in [6.45, 7) is 5.29. The van der Waals surface area contributed by atoms with E-state index in [-0.39, 0.29) is 18.9 Å². The predicted octanol–water partition coefficient (Wildman–Crippen LogP) is 4.91. The zero-order valence-corrected chi connectivity index (χ0v) is 18.0. The maximum atomic E-state index is 13.6. The number of hydrogen-bond acceptors (Lipinski definition) is 3. The van der Waals surface area contributed by atoms with E-state index in [1.807, 2.05) is 0 Å². The van der Waals surface area contributed by atoms with Crippen molar-refractivity contribution >= 4 is 39.3 Å². The molecule has 5 nitrogen and oxygen atoms in total.